The molecule has 0 atom stereocenters. The fraction of sp³-hybridized carbons (Fsp3) is 0.312. The molecule has 2 aromatic rings. The molecule has 0 aliphatic heterocycles. The van der Waals surface area contributed by atoms with E-state index in [0.29, 0.717) is 11.5 Å². The van der Waals surface area contributed by atoms with Gasteiger partial charge in [0.15, 0.2) is 0 Å². The molecule has 0 saturated carbocycles. The summed E-state index contributed by atoms with van der Waals surface area (Å²) < 4.78 is 31.5. The summed E-state index contributed by atoms with van der Waals surface area (Å²) in [5, 5.41) is 15.4. The summed E-state index contributed by atoms with van der Waals surface area (Å²) in [5.41, 5.74) is 2.79. The standard InChI is InChI=1S/C16H20N4O5S/c1-4-19(5-2)26(23,24)13-8-9-14(15(11-13)20(21)22)18-17-12(3)16-7-6-10-25-16/h6-11,18H,4-5H2,1-3H3. The van der Waals surface area contributed by atoms with Gasteiger partial charge in [-0.1, -0.05) is 13.8 Å². The van der Waals surface area contributed by atoms with Crippen molar-refractivity contribution < 1.29 is 17.8 Å². The summed E-state index contributed by atoms with van der Waals surface area (Å²) in [7, 11) is -3.79. The molecule has 26 heavy (non-hydrogen) atoms. The quantitative estimate of drug-likeness (QED) is 0.427. The Morgan fingerprint density at radius 2 is 2.00 bits per heavy atom. The van der Waals surface area contributed by atoms with Gasteiger partial charge in [0.05, 0.1) is 16.1 Å². The van der Waals surface area contributed by atoms with Crippen LogP contribution in [0.5, 0.6) is 0 Å². The molecule has 1 N–H and O–H groups in total. The number of rotatable bonds is 8. The molecule has 0 saturated heterocycles. The van der Waals surface area contributed by atoms with Gasteiger partial charge >= 0.3 is 0 Å². The van der Waals surface area contributed by atoms with E-state index in [4.69, 9.17) is 4.42 Å². The van der Waals surface area contributed by atoms with Crippen molar-refractivity contribution in [3.8, 4) is 0 Å². The molecule has 0 unspecified atom stereocenters. The van der Waals surface area contributed by atoms with E-state index in [1.807, 2.05) is 0 Å². The minimum atomic E-state index is -3.79. The summed E-state index contributed by atoms with van der Waals surface area (Å²) in [6, 6.07) is 7.08. The number of hydrogen-bond acceptors (Lipinski definition) is 7. The van der Waals surface area contributed by atoms with Crippen LogP contribution < -0.4 is 5.43 Å². The first-order chi connectivity index (χ1) is 12.3. The molecule has 140 valence electrons. The second-order valence-corrected chi connectivity index (χ2v) is 7.25. The Balaban J connectivity index is 2.38. The Bertz CT molecular complexity index is 903. The molecule has 1 aromatic heterocycles. The van der Waals surface area contributed by atoms with Crippen LogP contribution in [0.3, 0.4) is 0 Å². The molecule has 0 aliphatic carbocycles. The molecule has 2 rings (SSSR count). The molecule has 10 heteroatoms. The van der Waals surface area contributed by atoms with Gasteiger partial charge < -0.3 is 4.42 Å². The maximum absolute atomic E-state index is 12.5. The SMILES string of the molecule is CCN(CC)S(=O)(=O)c1ccc(NN=C(C)c2ccco2)c([N+](=O)[O-])c1. The fourth-order valence-electron chi connectivity index (χ4n) is 2.31. The number of nitro benzene ring substituents is 1. The van der Waals surface area contributed by atoms with Gasteiger partial charge in [-0.05, 0) is 31.2 Å². The number of nitrogens with one attached hydrogen (secondary N) is 1. The second-order valence-electron chi connectivity index (χ2n) is 5.31. The summed E-state index contributed by atoms with van der Waals surface area (Å²) in [6.07, 6.45) is 1.49. The van der Waals surface area contributed by atoms with Crippen LogP contribution in [-0.4, -0.2) is 36.4 Å². The van der Waals surface area contributed by atoms with Crippen molar-refractivity contribution in [1.29, 1.82) is 0 Å². The van der Waals surface area contributed by atoms with Crippen molar-refractivity contribution in [3.63, 3.8) is 0 Å². The molecule has 0 fully saturated rings. The van der Waals surface area contributed by atoms with E-state index in [-0.39, 0.29) is 29.4 Å². The molecule has 0 amide bonds. The highest BCUT2D eigenvalue weighted by atomic mass is 32.2. The third-order valence-corrected chi connectivity index (χ3v) is 5.78. The summed E-state index contributed by atoms with van der Waals surface area (Å²) in [4.78, 5) is 10.6. The van der Waals surface area contributed by atoms with Crippen LogP contribution in [0.2, 0.25) is 0 Å². The Kier molecular flexibility index (Phi) is 6.11. The molecular formula is C16H20N4O5S. The van der Waals surface area contributed by atoms with Gasteiger partial charge in [0.2, 0.25) is 10.0 Å². The van der Waals surface area contributed by atoms with Gasteiger partial charge in [0.1, 0.15) is 17.2 Å². The monoisotopic (exact) mass is 380 g/mol. The van der Waals surface area contributed by atoms with Crippen molar-refractivity contribution in [2.75, 3.05) is 18.5 Å². The van der Waals surface area contributed by atoms with Crippen molar-refractivity contribution >= 4 is 27.1 Å². The maximum Gasteiger partial charge on any atom is 0.295 e. The van der Waals surface area contributed by atoms with E-state index in [9.17, 15) is 18.5 Å². The number of nitrogens with zero attached hydrogens (tertiary/aromatic N) is 3. The second kappa shape index (κ2) is 8.11. The minimum absolute atomic E-state index is 0.0828. The Labute approximate surface area is 151 Å². The van der Waals surface area contributed by atoms with Gasteiger partial charge in [-0.3, -0.25) is 15.5 Å². The highest BCUT2D eigenvalue weighted by Crippen LogP contribution is 2.29. The van der Waals surface area contributed by atoms with Gasteiger partial charge in [-0.15, -0.1) is 0 Å². The number of hydrogen-bond donors (Lipinski definition) is 1. The largest absolute Gasteiger partial charge is 0.463 e. The van der Waals surface area contributed by atoms with E-state index in [0.717, 1.165) is 6.07 Å². The number of hydrazone groups is 1. The van der Waals surface area contributed by atoms with Crippen LogP contribution in [0.4, 0.5) is 11.4 Å². The van der Waals surface area contributed by atoms with Crippen molar-refractivity contribution in [2.45, 2.75) is 25.7 Å². The molecule has 1 heterocycles. The lowest BCUT2D eigenvalue weighted by molar-refractivity contribution is -0.384. The third-order valence-electron chi connectivity index (χ3n) is 3.73. The van der Waals surface area contributed by atoms with Crippen LogP contribution >= 0.6 is 0 Å². The lowest BCUT2D eigenvalue weighted by Crippen LogP contribution is -2.30. The molecule has 0 bridgehead atoms. The van der Waals surface area contributed by atoms with Gasteiger partial charge in [-0.25, -0.2) is 8.42 Å². The van der Waals surface area contributed by atoms with E-state index >= 15 is 0 Å². The fourth-order valence-corrected chi connectivity index (χ4v) is 3.79. The Hall–Kier alpha value is -2.72. The molecule has 9 nitrogen and oxygen atoms in total. The van der Waals surface area contributed by atoms with Crippen molar-refractivity contribution in [2.24, 2.45) is 5.10 Å². The average molecular weight is 380 g/mol. The topological polar surface area (TPSA) is 118 Å². The van der Waals surface area contributed by atoms with Gasteiger partial charge in [0, 0.05) is 19.2 Å². The molecular weight excluding hydrogens is 360 g/mol. The smallest absolute Gasteiger partial charge is 0.295 e. The first-order valence-electron chi connectivity index (χ1n) is 7.94. The first kappa shape index (κ1) is 19.6. The highest BCUT2D eigenvalue weighted by molar-refractivity contribution is 7.89. The van der Waals surface area contributed by atoms with Gasteiger partial charge in [-0.2, -0.15) is 9.41 Å². The lowest BCUT2D eigenvalue weighted by atomic mass is 10.3. The van der Waals surface area contributed by atoms with Crippen LogP contribution in [0.25, 0.3) is 0 Å². The number of nitro groups is 1. The summed E-state index contributed by atoms with van der Waals surface area (Å²) in [6.45, 7) is 5.64. The zero-order chi connectivity index (χ0) is 19.3. The number of anilines is 1. The van der Waals surface area contributed by atoms with E-state index < -0.39 is 14.9 Å². The first-order valence-corrected chi connectivity index (χ1v) is 9.38. The Morgan fingerprint density at radius 1 is 1.31 bits per heavy atom. The van der Waals surface area contributed by atoms with Crippen LogP contribution in [0.15, 0.2) is 51.0 Å². The molecule has 0 spiro atoms. The van der Waals surface area contributed by atoms with Crippen molar-refractivity contribution in [3.05, 3.63) is 52.5 Å². The van der Waals surface area contributed by atoms with E-state index in [1.165, 1.54) is 22.7 Å². The Morgan fingerprint density at radius 3 is 2.54 bits per heavy atom. The van der Waals surface area contributed by atoms with Crippen LogP contribution in [0, 0.1) is 10.1 Å². The highest BCUT2D eigenvalue weighted by Gasteiger charge is 2.25. The average Bonchev–Trinajstić information content (AvgIpc) is 3.15. The van der Waals surface area contributed by atoms with E-state index in [2.05, 4.69) is 10.5 Å². The molecule has 0 aliphatic rings. The van der Waals surface area contributed by atoms with Crippen LogP contribution in [-0.2, 0) is 10.0 Å². The zero-order valence-electron chi connectivity index (χ0n) is 14.7. The third kappa shape index (κ3) is 4.09. The summed E-state index contributed by atoms with van der Waals surface area (Å²) in [5.74, 6) is 0.515. The van der Waals surface area contributed by atoms with Gasteiger partial charge in [0.25, 0.3) is 5.69 Å². The number of furan rings is 1. The predicted octanol–water partition coefficient (Wildman–Crippen LogP) is 3.05. The number of sulfonamides is 1. The minimum Gasteiger partial charge on any atom is -0.463 e. The normalized spacial score (nSPS) is 12.4. The molecule has 0 radical (unpaired) electrons. The van der Waals surface area contributed by atoms with E-state index in [1.54, 1.807) is 32.9 Å². The summed E-state index contributed by atoms with van der Waals surface area (Å²) >= 11 is 0. The molecule has 1 aromatic carbocycles. The number of benzene rings is 1. The van der Waals surface area contributed by atoms with Crippen molar-refractivity contribution in [1.82, 2.24) is 4.31 Å². The van der Waals surface area contributed by atoms with Crippen LogP contribution in [0.1, 0.15) is 26.5 Å². The maximum atomic E-state index is 12.5. The zero-order valence-corrected chi connectivity index (χ0v) is 15.5. The lowest BCUT2D eigenvalue weighted by Gasteiger charge is -2.18. The predicted molar refractivity (Wildman–Crippen MR) is 97.7 cm³/mol.